The first-order chi connectivity index (χ1) is 11.8. The van der Waals surface area contributed by atoms with Gasteiger partial charge >= 0.3 is 5.97 Å². The SMILES string of the molecule is CC(Oc1c[c-]cc2c1C1=C(CCCC1)C(=O)C2)C(=O)O.[CH2-]C(=O)O.[Y]. The number of Topliss-reactive ketones (excluding diaryl/α,β-unsaturated/α-hetero) is 1. The molecule has 1 unspecified atom stereocenters. The van der Waals surface area contributed by atoms with Crippen molar-refractivity contribution < 1.29 is 62.0 Å². The van der Waals surface area contributed by atoms with E-state index in [4.69, 9.17) is 19.7 Å². The summed E-state index contributed by atoms with van der Waals surface area (Å²) in [5.74, 6) is -1.37. The standard InChI is InChI=1S/C17H17O4.C2H3O2.Y/c1-10(17(19)20)21-15-8-4-5-11-9-14(18)12-6-2-3-7-13(12)16(11)15;1-2(3)4;/h5,8,10H,2-3,6-7,9H2,1H3,(H,19,20);1H2,(H,3,4);/q2*-1;. The minimum absolute atomic E-state index is 0. The number of benzene rings is 1. The van der Waals surface area contributed by atoms with E-state index in [0.717, 1.165) is 48.0 Å². The summed E-state index contributed by atoms with van der Waals surface area (Å²) < 4.78 is 5.58. The van der Waals surface area contributed by atoms with Crippen LogP contribution in [0.4, 0.5) is 0 Å². The Balaban J connectivity index is 0.000000616. The van der Waals surface area contributed by atoms with E-state index in [1.165, 1.54) is 6.92 Å². The molecule has 2 aliphatic carbocycles. The van der Waals surface area contributed by atoms with Gasteiger partial charge < -0.3 is 14.9 Å². The van der Waals surface area contributed by atoms with E-state index in [1.807, 2.05) is 6.07 Å². The molecule has 0 saturated heterocycles. The van der Waals surface area contributed by atoms with Gasteiger partial charge in [0.05, 0.1) is 0 Å². The molecule has 6 nitrogen and oxygen atoms in total. The molecule has 0 amide bonds. The molecule has 26 heavy (non-hydrogen) atoms. The van der Waals surface area contributed by atoms with Gasteiger partial charge in [-0.3, -0.25) is 16.5 Å². The van der Waals surface area contributed by atoms with E-state index in [9.17, 15) is 9.59 Å². The fourth-order valence-corrected chi connectivity index (χ4v) is 3.10. The molecule has 0 aliphatic heterocycles. The molecule has 0 saturated carbocycles. The minimum atomic E-state index is -1.08. The Labute approximate surface area is 177 Å². The minimum Gasteiger partial charge on any atom is -0.537 e. The maximum Gasteiger partial charge on any atom is 0.343 e. The Bertz CT molecular complexity index is 734. The Morgan fingerprint density at radius 2 is 1.77 bits per heavy atom. The van der Waals surface area contributed by atoms with Crippen LogP contribution in [0.15, 0.2) is 17.7 Å². The van der Waals surface area contributed by atoms with Gasteiger partial charge in [0, 0.05) is 38.5 Å². The quantitative estimate of drug-likeness (QED) is 0.711. The number of rotatable bonds is 3. The number of ketones is 1. The first-order valence-electron chi connectivity index (χ1n) is 8.04. The number of hydrogen-bond acceptors (Lipinski definition) is 4. The number of hydrogen-bond donors (Lipinski definition) is 2. The van der Waals surface area contributed by atoms with E-state index in [1.54, 1.807) is 6.07 Å². The average Bonchev–Trinajstić information content (AvgIpc) is 2.54. The molecule has 1 aromatic rings. The van der Waals surface area contributed by atoms with Gasteiger partial charge in [-0.2, -0.15) is 12.1 Å². The average molecular weight is 433 g/mol. The van der Waals surface area contributed by atoms with Crippen molar-refractivity contribution in [2.45, 2.75) is 45.1 Å². The second-order valence-electron chi connectivity index (χ2n) is 5.98. The van der Waals surface area contributed by atoms with E-state index >= 15 is 0 Å². The summed E-state index contributed by atoms with van der Waals surface area (Å²) in [6.07, 6.45) is 3.22. The van der Waals surface area contributed by atoms with Crippen LogP contribution in [0, 0.1) is 13.0 Å². The van der Waals surface area contributed by atoms with Gasteiger partial charge in [0.15, 0.2) is 17.9 Å². The maximum atomic E-state index is 12.2. The van der Waals surface area contributed by atoms with Crippen LogP contribution in [0.3, 0.4) is 0 Å². The topological polar surface area (TPSA) is 101 Å². The van der Waals surface area contributed by atoms with Crippen LogP contribution in [-0.4, -0.2) is 34.0 Å². The van der Waals surface area contributed by atoms with Gasteiger partial charge in [0.2, 0.25) is 0 Å². The molecule has 2 N–H and O–H groups in total. The number of carboxylic acid groups (broad SMARTS) is 2. The fraction of sp³-hybridized carbons (Fsp3) is 0.368. The van der Waals surface area contributed by atoms with Gasteiger partial charge in [-0.15, -0.1) is 11.6 Å². The second-order valence-corrected chi connectivity index (χ2v) is 5.98. The third-order valence-corrected chi connectivity index (χ3v) is 4.15. The first kappa shape index (κ1) is 22.4. The molecule has 3 rings (SSSR count). The molecule has 1 radical (unpaired) electrons. The number of aliphatic carboxylic acids is 2. The third-order valence-electron chi connectivity index (χ3n) is 4.15. The van der Waals surface area contributed by atoms with E-state index < -0.39 is 18.0 Å². The smallest absolute Gasteiger partial charge is 0.343 e. The molecule has 2 aliphatic rings. The molecule has 137 valence electrons. The molecule has 0 spiro atoms. The number of ether oxygens (including phenoxy) is 1. The van der Waals surface area contributed by atoms with Crippen LogP contribution < -0.4 is 4.74 Å². The molecular weight excluding hydrogens is 413 g/mol. The second kappa shape index (κ2) is 9.88. The van der Waals surface area contributed by atoms with Gasteiger partial charge in [-0.25, -0.2) is 4.79 Å². The number of allylic oxidation sites excluding steroid dienone is 2. The summed E-state index contributed by atoms with van der Waals surface area (Å²) in [6, 6.07) is 6.44. The van der Waals surface area contributed by atoms with E-state index in [-0.39, 0.29) is 38.5 Å². The number of carboxylic acids is 2. The Morgan fingerprint density at radius 3 is 2.35 bits per heavy atom. The fourth-order valence-electron chi connectivity index (χ4n) is 3.10. The molecule has 0 aromatic heterocycles. The zero-order valence-corrected chi connectivity index (χ0v) is 17.4. The van der Waals surface area contributed by atoms with Crippen LogP contribution in [0.5, 0.6) is 5.75 Å². The monoisotopic (exact) mass is 433 g/mol. The van der Waals surface area contributed by atoms with Gasteiger partial charge in [-0.05, 0) is 44.6 Å². The molecule has 1 atom stereocenters. The van der Waals surface area contributed by atoms with Crippen molar-refractivity contribution in [3.05, 3.63) is 41.8 Å². The zero-order chi connectivity index (χ0) is 18.6. The Hall–Kier alpha value is -1.66. The number of fused-ring (bicyclic) bond motifs is 2. The largest absolute Gasteiger partial charge is 0.537 e. The van der Waals surface area contributed by atoms with Crippen molar-refractivity contribution in [1.82, 2.24) is 0 Å². The first-order valence-corrected chi connectivity index (χ1v) is 8.04. The predicted octanol–water partition coefficient (Wildman–Crippen LogP) is 2.69. The van der Waals surface area contributed by atoms with Crippen LogP contribution in [0.25, 0.3) is 5.57 Å². The summed E-state index contributed by atoms with van der Waals surface area (Å²) in [4.78, 5) is 32.1. The van der Waals surface area contributed by atoms with Crippen LogP contribution >= 0.6 is 0 Å². The van der Waals surface area contributed by atoms with E-state index in [2.05, 4.69) is 13.0 Å². The van der Waals surface area contributed by atoms with Crippen molar-refractivity contribution in [3.8, 4) is 5.75 Å². The third kappa shape index (κ3) is 5.42. The van der Waals surface area contributed by atoms with Crippen LogP contribution in [0.1, 0.15) is 43.7 Å². The maximum absolute atomic E-state index is 12.2. The summed E-state index contributed by atoms with van der Waals surface area (Å²) in [6.45, 7) is 4.06. The molecule has 7 heteroatoms. The molecule has 0 bridgehead atoms. The molecule has 0 fully saturated rings. The Morgan fingerprint density at radius 1 is 1.19 bits per heavy atom. The molecular formula is C19H20O6Y-2. The zero-order valence-electron chi connectivity index (χ0n) is 14.6. The van der Waals surface area contributed by atoms with Crippen molar-refractivity contribution >= 4 is 23.3 Å². The Kier molecular flexibility index (Phi) is 8.51. The molecule has 1 aromatic carbocycles. The van der Waals surface area contributed by atoms with E-state index in [0.29, 0.717) is 12.2 Å². The number of carbonyl (C=O) groups excluding carboxylic acids is 1. The van der Waals surface area contributed by atoms with Crippen LogP contribution in [-0.2, 0) is 53.5 Å². The van der Waals surface area contributed by atoms with Crippen molar-refractivity contribution in [3.63, 3.8) is 0 Å². The predicted molar refractivity (Wildman–Crippen MR) is 90.1 cm³/mol. The summed E-state index contributed by atoms with van der Waals surface area (Å²) in [7, 11) is 0. The normalized spacial score (nSPS) is 16.1. The van der Waals surface area contributed by atoms with Gasteiger partial charge in [0.25, 0.3) is 0 Å². The van der Waals surface area contributed by atoms with Crippen molar-refractivity contribution in [2.24, 2.45) is 0 Å². The molecule has 0 heterocycles. The summed E-state index contributed by atoms with van der Waals surface area (Å²) >= 11 is 0. The summed E-state index contributed by atoms with van der Waals surface area (Å²) in [5, 5.41) is 16.3. The van der Waals surface area contributed by atoms with Gasteiger partial charge in [0.1, 0.15) is 0 Å². The van der Waals surface area contributed by atoms with Gasteiger partial charge in [-0.1, -0.05) is 11.1 Å². The van der Waals surface area contributed by atoms with Crippen molar-refractivity contribution in [2.75, 3.05) is 0 Å². The van der Waals surface area contributed by atoms with Crippen molar-refractivity contribution in [1.29, 1.82) is 0 Å². The number of carbonyl (C=O) groups is 3. The van der Waals surface area contributed by atoms with Crippen LogP contribution in [0.2, 0.25) is 0 Å². The summed E-state index contributed by atoms with van der Waals surface area (Å²) in [5.41, 5.74) is 3.79.